The van der Waals surface area contributed by atoms with Gasteiger partial charge in [0.2, 0.25) is 0 Å². The number of ether oxygens (including phenoxy) is 1. The summed E-state index contributed by atoms with van der Waals surface area (Å²) in [7, 11) is 0. The summed E-state index contributed by atoms with van der Waals surface area (Å²) in [6.45, 7) is 0. The number of nitrogens with one attached hydrogen (secondary N) is 1. The van der Waals surface area contributed by atoms with Crippen molar-refractivity contribution in [2.75, 3.05) is 5.32 Å². The average molecular weight is 437 g/mol. The Balaban J connectivity index is 1.68. The van der Waals surface area contributed by atoms with Crippen molar-refractivity contribution in [2.45, 2.75) is 0 Å². The van der Waals surface area contributed by atoms with Gasteiger partial charge in [0, 0.05) is 15.7 Å². The lowest BCUT2D eigenvalue weighted by atomic mass is 10.1. The zero-order valence-electron chi connectivity index (χ0n) is 15.4. The molecule has 148 valence electrons. The highest BCUT2D eigenvalue weighted by atomic mass is 35.5. The molecule has 0 aliphatic heterocycles. The Hall–Kier alpha value is -3.59. The van der Waals surface area contributed by atoms with Crippen molar-refractivity contribution in [3.05, 3.63) is 99.5 Å². The highest BCUT2D eigenvalue weighted by Crippen LogP contribution is 2.19. The van der Waals surface area contributed by atoms with Gasteiger partial charge in [-0.15, -0.1) is 0 Å². The van der Waals surface area contributed by atoms with E-state index in [9.17, 15) is 14.9 Å². The molecule has 0 radical (unpaired) electrons. The summed E-state index contributed by atoms with van der Waals surface area (Å²) in [5, 5.41) is 12.9. The Morgan fingerprint density at radius 1 is 0.933 bits per heavy atom. The highest BCUT2D eigenvalue weighted by Gasteiger charge is 2.11. The second kappa shape index (κ2) is 9.75. The zero-order valence-corrected chi connectivity index (χ0v) is 16.9. The van der Waals surface area contributed by atoms with Crippen LogP contribution < -0.4 is 10.1 Å². The van der Waals surface area contributed by atoms with Gasteiger partial charge in [-0.1, -0.05) is 41.4 Å². The summed E-state index contributed by atoms with van der Waals surface area (Å²) in [5.74, 6) is -0.749. The minimum atomic E-state index is -0.557. The first kappa shape index (κ1) is 21.1. The van der Waals surface area contributed by atoms with Crippen LogP contribution in [0.2, 0.25) is 10.0 Å². The van der Waals surface area contributed by atoms with Crippen molar-refractivity contribution in [3.63, 3.8) is 0 Å². The lowest BCUT2D eigenvalue weighted by Gasteiger charge is -2.06. The van der Waals surface area contributed by atoms with Crippen LogP contribution in [0.4, 0.5) is 5.69 Å². The molecular weight excluding hydrogens is 423 g/mol. The molecule has 5 nitrogen and oxygen atoms in total. The summed E-state index contributed by atoms with van der Waals surface area (Å²) in [4.78, 5) is 24.5. The summed E-state index contributed by atoms with van der Waals surface area (Å²) < 4.78 is 5.30. The highest BCUT2D eigenvalue weighted by molar-refractivity contribution is 6.31. The third-order valence-corrected chi connectivity index (χ3v) is 4.42. The third-order valence-electron chi connectivity index (χ3n) is 3.93. The first-order valence-electron chi connectivity index (χ1n) is 8.71. The number of nitriles is 1. The summed E-state index contributed by atoms with van der Waals surface area (Å²) in [6.07, 6.45) is 1.44. The Labute approximate surface area is 183 Å². The smallest absolute Gasteiger partial charge is 0.343 e. The number of hydrogen-bond acceptors (Lipinski definition) is 4. The number of anilines is 1. The van der Waals surface area contributed by atoms with Gasteiger partial charge in [0.15, 0.2) is 0 Å². The fourth-order valence-corrected chi connectivity index (χ4v) is 2.78. The minimum Gasteiger partial charge on any atom is -0.423 e. The molecule has 0 unspecified atom stereocenters. The fourth-order valence-electron chi connectivity index (χ4n) is 2.46. The second-order valence-corrected chi connectivity index (χ2v) is 6.97. The van der Waals surface area contributed by atoms with E-state index in [2.05, 4.69) is 5.32 Å². The second-order valence-electron chi connectivity index (χ2n) is 6.10. The Morgan fingerprint density at radius 2 is 1.63 bits per heavy atom. The number of rotatable bonds is 5. The molecule has 0 heterocycles. The van der Waals surface area contributed by atoms with E-state index in [4.69, 9.17) is 27.9 Å². The maximum absolute atomic E-state index is 12.3. The molecule has 0 fully saturated rings. The van der Waals surface area contributed by atoms with E-state index in [-0.39, 0.29) is 5.57 Å². The van der Waals surface area contributed by atoms with E-state index in [0.29, 0.717) is 32.6 Å². The molecule has 0 bridgehead atoms. The maximum Gasteiger partial charge on any atom is 0.343 e. The molecule has 3 aromatic rings. The maximum atomic E-state index is 12.3. The molecule has 0 aliphatic carbocycles. The number of halogens is 2. The molecule has 0 aliphatic rings. The largest absolute Gasteiger partial charge is 0.423 e. The van der Waals surface area contributed by atoms with Gasteiger partial charge < -0.3 is 10.1 Å². The van der Waals surface area contributed by atoms with Crippen LogP contribution in [0.3, 0.4) is 0 Å². The normalized spacial score (nSPS) is 10.8. The number of carbonyl (C=O) groups is 2. The van der Waals surface area contributed by atoms with Crippen molar-refractivity contribution >= 4 is 46.8 Å². The minimum absolute atomic E-state index is 0.0825. The van der Waals surface area contributed by atoms with E-state index >= 15 is 0 Å². The number of hydrogen-bond donors (Lipinski definition) is 1. The molecule has 0 atom stereocenters. The van der Waals surface area contributed by atoms with E-state index in [1.54, 1.807) is 72.8 Å². The molecule has 3 rings (SSSR count). The number of esters is 1. The van der Waals surface area contributed by atoms with Gasteiger partial charge in [-0.3, -0.25) is 4.79 Å². The molecular formula is C23H14Cl2N2O3. The van der Waals surface area contributed by atoms with Gasteiger partial charge >= 0.3 is 5.97 Å². The zero-order chi connectivity index (χ0) is 21.5. The molecule has 30 heavy (non-hydrogen) atoms. The van der Waals surface area contributed by atoms with Gasteiger partial charge in [0.25, 0.3) is 5.91 Å². The monoisotopic (exact) mass is 436 g/mol. The number of amides is 1. The quantitative estimate of drug-likeness (QED) is 0.238. The third kappa shape index (κ3) is 5.71. The molecule has 0 saturated heterocycles. The van der Waals surface area contributed by atoms with Gasteiger partial charge in [0.1, 0.15) is 17.4 Å². The SMILES string of the molecule is N#C/C(=C\c1ccc(OC(=O)c2ccc(Cl)cc2)cc1)C(=O)Nc1cccc(Cl)c1. The van der Waals surface area contributed by atoms with Crippen molar-refractivity contribution in [1.82, 2.24) is 0 Å². The van der Waals surface area contributed by atoms with Gasteiger partial charge in [-0.2, -0.15) is 5.26 Å². The van der Waals surface area contributed by atoms with Gasteiger partial charge in [0.05, 0.1) is 5.56 Å². The van der Waals surface area contributed by atoms with E-state index in [1.807, 2.05) is 6.07 Å². The molecule has 3 aromatic carbocycles. The predicted molar refractivity (Wildman–Crippen MR) is 117 cm³/mol. The van der Waals surface area contributed by atoms with Crippen molar-refractivity contribution < 1.29 is 14.3 Å². The van der Waals surface area contributed by atoms with Crippen molar-refractivity contribution in [3.8, 4) is 11.8 Å². The molecule has 1 N–H and O–H groups in total. The molecule has 0 aromatic heterocycles. The molecule has 7 heteroatoms. The van der Waals surface area contributed by atoms with Crippen LogP contribution in [0.5, 0.6) is 5.75 Å². The van der Waals surface area contributed by atoms with Crippen LogP contribution >= 0.6 is 23.2 Å². The van der Waals surface area contributed by atoms with E-state index in [1.165, 1.54) is 6.08 Å². The first-order chi connectivity index (χ1) is 14.4. The number of benzene rings is 3. The number of carbonyl (C=O) groups excluding carboxylic acids is 2. The van der Waals surface area contributed by atoms with Crippen LogP contribution in [0.15, 0.2) is 78.4 Å². The van der Waals surface area contributed by atoms with Crippen LogP contribution in [0.1, 0.15) is 15.9 Å². The number of nitrogens with zero attached hydrogens (tertiary/aromatic N) is 1. The van der Waals surface area contributed by atoms with Crippen molar-refractivity contribution in [2.24, 2.45) is 0 Å². The Morgan fingerprint density at radius 3 is 2.27 bits per heavy atom. The van der Waals surface area contributed by atoms with Crippen LogP contribution in [0, 0.1) is 11.3 Å². The molecule has 0 saturated carbocycles. The molecule has 0 spiro atoms. The summed E-state index contributed by atoms with van der Waals surface area (Å²) in [5.41, 5.74) is 1.37. The van der Waals surface area contributed by atoms with Crippen molar-refractivity contribution in [1.29, 1.82) is 5.26 Å². The summed E-state index contributed by atoms with van der Waals surface area (Å²) in [6, 6.07) is 21.3. The average Bonchev–Trinajstić information content (AvgIpc) is 2.73. The van der Waals surface area contributed by atoms with Gasteiger partial charge in [-0.25, -0.2) is 4.79 Å². The summed E-state index contributed by atoms with van der Waals surface area (Å²) >= 11 is 11.7. The van der Waals surface area contributed by atoms with Crippen LogP contribution in [-0.4, -0.2) is 11.9 Å². The predicted octanol–water partition coefficient (Wildman–Crippen LogP) is 5.76. The van der Waals surface area contributed by atoms with Crippen LogP contribution in [-0.2, 0) is 4.79 Å². The lowest BCUT2D eigenvalue weighted by molar-refractivity contribution is -0.112. The standard InChI is InChI=1S/C23H14Cl2N2O3/c24-18-8-6-16(7-9-18)23(29)30-21-10-4-15(5-11-21)12-17(14-26)22(28)27-20-3-1-2-19(25)13-20/h1-13H,(H,27,28)/b17-12+. The molecule has 1 amide bonds. The first-order valence-corrected chi connectivity index (χ1v) is 9.47. The van der Waals surface area contributed by atoms with E-state index in [0.717, 1.165) is 0 Å². The lowest BCUT2D eigenvalue weighted by Crippen LogP contribution is -2.13. The topological polar surface area (TPSA) is 79.2 Å². The van der Waals surface area contributed by atoms with E-state index < -0.39 is 11.9 Å². The Kier molecular flexibility index (Phi) is 6.87. The fraction of sp³-hybridized carbons (Fsp3) is 0. The Bertz CT molecular complexity index is 1150. The van der Waals surface area contributed by atoms with Gasteiger partial charge in [-0.05, 0) is 66.2 Å². The van der Waals surface area contributed by atoms with Crippen LogP contribution in [0.25, 0.3) is 6.08 Å².